The Morgan fingerprint density at radius 1 is 1.30 bits per heavy atom. The van der Waals surface area contributed by atoms with Crippen LogP contribution in [-0.2, 0) is 16.1 Å². The molecule has 170 valence electrons. The van der Waals surface area contributed by atoms with E-state index in [1.807, 2.05) is 48.7 Å². The van der Waals surface area contributed by atoms with Crippen molar-refractivity contribution >= 4 is 60.5 Å². The smallest absolute Gasteiger partial charge is 0.262 e. The number of aryl methyl sites for hydroxylation is 1. The van der Waals surface area contributed by atoms with Crippen LogP contribution in [0.15, 0.2) is 41.8 Å². The number of carbonyl (C=O) groups excluding carboxylic acids is 2. The van der Waals surface area contributed by atoms with Crippen molar-refractivity contribution in [3.8, 4) is 5.75 Å². The van der Waals surface area contributed by atoms with Crippen molar-refractivity contribution in [1.29, 1.82) is 0 Å². The number of hydrogen-bond donors (Lipinski definition) is 2. The van der Waals surface area contributed by atoms with Crippen molar-refractivity contribution in [2.75, 3.05) is 18.5 Å². The number of primary amides is 1. The second kappa shape index (κ2) is 9.09. The first-order chi connectivity index (χ1) is 16.0. The molecule has 1 aliphatic rings. The first-order valence-electron chi connectivity index (χ1n) is 10.8. The number of nitrogens with one attached hydrogen (secondary N) is 1. The summed E-state index contributed by atoms with van der Waals surface area (Å²) < 4.78 is 8.08. The number of para-hydroxylation sites is 1. The lowest BCUT2D eigenvalue weighted by Gasteiger charge is -2.23. The lowest BCUT2D eigenvalue weighted by Crippen LogP contribution is -2.39. The predicted octanol–water partition coefficient (Wildman–Crippen LogP) is 4.29. The average Bonchev–Trinajstić information content (AvgIpc) is 3.52. The highest BCUT2D eigenvalue weighted by molar-refractivity contribution is 7.21. The Bertz CT molecular complexity index is 1350. The molecule has 9 heteroatoms. The fourth-order valence-electron chi connectivity index (χ4n) is 4.37. The lowest BCUT2D eigenvalue weighted by molar-refractivity contribution is -0.122. The molecule has 5 rings (SSSR count). The summed E-state index contributed by atoms with van der Waals surface area (Å²) in [5.41, 5.74) is 8.21. The third kappa shape index (κ3) is 4.44. The highest BCUT2D eigenvalue weighted by Gasteiger charge is 2.29. The van der Waals surface area contributed by atoms with Crippen LogP contribution in [0.4, 0.5) is 5.69 Å². The summed E-state index contributed by atoms with van der Waals surface area (Å²) in [6.45, 7) is 3.26. The Morgan fingerprint density at radius 3 is 3.00 bits per heavy atom. The summed E-state index contributed by atoms with van der Waals surface area (Å²) in [5.74, 6) is 0.154. The molecule has 1 fully saturated rings. The zero-order valence-corrected chi connectivity index (χ0v) is 19.8. The minimum atomic E-state index is -0.296. The van der Waals surface area contributed by atoms with Gasteiger partial charge in [-0.15, -0.1) is 22.7 Å². The van der Waals surface area contributed by atoms with Crippen molar-refractivity contribution in [3.05, 3.63) is 52.3 Å². The number of likely N-dealkylation sites (tertiary alicyclic amines) is 1. The summed E-state index contributed by atoms with van der Waals surface area (Å²) in [5, 5.41) is 6.95. The van der Waals surface area contributed by atoms with Crippen LogP contribution < -0.4 is 15.8 Å². The molecule has 4 aromatic rings. The van der Waals surface area contributed by atoms with Gasteiger partial charge in [-0.2, -0.15) is 0 Å². The number of thiazole rings is 1. The Labute approximate surface area is 199 Å². The molecule has 2 amide bonds. The maximum atomic E-state index is 12.8. The maximum absolute atomic E-state index is 12.8. The van der Waals surface area contributed by atoms with Crippen molar-refractivity contribution in [2.45, 2.75) is 32.4 Å². The zero-order valence-electron chi connectivity index (χ0n) is 18.2. The molecule has 2 aromatic heterocycles. The number of thiophene rings is 1. The third-order valence-corrected chi connectivity index (χ3v) is 7.72. The molecule has 7 nitrogen and oxygen atoms in total. The molecule has 33 heavy (non-hydrogen) atoms. The van der Waals surface area contributed by atoms with E-state index in [2.05, 4.69) is 15.2 Å². The number of aromatic nitrogens is 1. The molecule has 1 unspecified atom stereocenters. The van der Waals surface area contributed by atoms with E-state index in [1.165, 1.54) is 0 Å². The highest BCUT2D eigenvalue weighted by Crippen LogP contribution is 2.38. The van der Waals surface area contributed by atoms with Gasteiger partial charge in [0.2, 0.25) is 5.91 Å². The SMILES string of the molecule is Cc1nc2c(cc(OCC(=O)Nc3ccccc3CN3CCCC3C(N)=O)c3ccsc32)s1. The number of anilines is 1. The Balaban J connectivity index is 1.29. The number of fused-ring (bicyclic) bond motifs is 3. The molecule has 0 radical (unpaired) electrons. The van der Waals surface area contributed by atoms with Crippen LogP contribution >= 0.6 is 22.7 Å². The van der Waals surface area contributed by atoms with Gasteiger partial charge in [-0.1, -0.05) is 18.2 Å². The summed E-state index contributed by atoms with van der Waals surface area (Å²) in [6, 6.07) is 11.3. The summed E-state index contributed by atoms with van der Waals surface area (Å²) in [4.78, 5) is 31.2. The number of hydrogen-bond acceptors (Lipinski definition) is 7. The number of carbonyl (C=O) groups is 2. The molecule has 3 heterocycles. The normalized spacial score (nSPS) is 16.5. The van der Waals surface area contributed by atoms with Crippen LogP contribution in [0, 0.1) is 6.92 Å². The third-order valence-electron chi connectivity index (χ3n) is 5.88. The zero-order chi connectivity index (χ0) is 22.9. The highest BCUT2D eigenvalue weighted by atomic mass is 32.1. The van der Waals surface area contributed by atoms with Crippen LogP contribution in [0.25, 0.3) is 20.3 Å². The Kier molecular flexibility index (Phi) is 6.01. The van der Waals surface area contributed by atoms with Crippen LogP contribution in [0.5, 0.6) is 5.75 Å². The van der Waals surface area contributed by atoms with Gasteiger partial charge in [-0.05, 0) is 49.4 Å². The van der Waals surface area contributed by atoms with Crippen LogP contribution in [0.2, 0.25) is 0 Å². The number of ether oxygens (including phenoxy) is 1. The van der Waals surface area contributed by atoms with E-state index < -0.39 is 0 Å². The van der Waals surface area contributed by atoms with E-state index in [9.17, 15) is 9.59 Å². The van der Waals surface area contributed by atoms with E-state index in [0.29, 0.717) is 12.3 Å². The van der Waals surface area contributed by atoms with Crippen LogP contribution in [0.3, 0.4) is 0 Å². The van der Waals surface area contributed by atoms with Crippen molar-refractivity contribution in [3.63, 3.8) is 0 Å². The molecule has 1 aliphatic heterocycles. The molecule has 0 spiro atoms. The van der Waals surface area contributed by atoms with E-state index >= 15 is 0 Å². The summed E-state index contributed by atoms with van der Waals surface area (Å²) in [6.07, 6.45) is 1.72. The first kappa shape index (κ1) is 21.8. The maximum Gasteiger partial charge on any atom is 0.262 e. The number of benzene rings is 2. The Hall–Kier alpha value is -3.01. The van der Waals surface area contributed by atoms with Gasteiger partial charge in [-0.25, -0.2) is 4.98 Å². The van der Waals surface area contributed by atoms with Gasteiger partial charge in [0, 0.05) is 23.7 Å². The van der Waals surface area contributed by atoms with Crippen molar-refractivity contribution < 1.29 is 14.3 Å². The topological polar surface area (TPSA) is 97.6 Å². The number of rotatable bonds is 7. The molecule has 0 saturated carbocycles. The number of nitrogens with two attached hydrogens (primary N) is 1. The summed E-state index contributed by atoms with van der Waals surface area (Å²) in [7, 11) is 0. The summed E-state index contributed by atoms with van der Waals surface area (Å²) >= 11 is 3.24. The second-order valence-corrected chi connectivity index (χ2v) is 10.3. The minimum Gasteiger partial charge on any atom is -0.483 e. The van der Waals surface area contributed by atoms with Crippen molar-refractivity contribution in [2.24, 2.45) is 5.73 Å². The van der Waals surface area contributed by atoms with Crippen LogP contribution in [-0.4, -0.2) is 40.9 Å². The first-order valence-corrected chi connectivity index (χ1v) is 12.5. The minimum absolute atomic E-state index is 0.101. The molecular formula is C24H24N4O3S2. The molecule has 2 aromatic carbocycles. The Morgan fingerprint density at radius 2 is 2.15 bits per heavy atom. The molecule has 0 bridgehead atoms. The van der Waals surface area contributed by atoms with Gasteiger partial charge in [0.15, 0.2) is 6.61 Å². The van der Waals surface area contributed by atoms with Gasteiger partial charge in [-0.3, -0.25) is 14.5 Å². The van der Waals surface area contributed by atoms with Crippen LogP contribution in [0.1, 0.15) is 23.4 Å². The monoisotopic (exact) mass is 480 g/mol. The lowest BCUT2D eigenvalue weighted by atomic mass is 10.1. The largest absolute Gasteiger partial charge is 0.483 e. The molecular weight excluding hydrogens is 456 g/mol. The van der Waals surface area contributed by atoms with Gasteiger partial charge >= 0.3 is 0 Å². The number of amides is 2. The fraction of sp³-hybridized carbons (Fsp3) is 0.292. The van der Waals surface area contributed by atoms with Gasteiger partial charge in [0.1, 0.15) is 5.75 Å². The van der Waals surface area contributed by atoms with Gasteiger partial charge < -0.3 is 15.8 Å². The standard InChI is InChI=1S/C24H24N4O3S2/c1-14-26-22-20(33-14)11-19(16-8-10-32-23(16)22)31-13-21(29)27-17-6-3-2-5-15(17)12-28-9-4-7-18(28)24(25)30/h2-3,5-6,8,10-11,18H,4,7,9,12-13H2,1H3,(H2,25,30)(H,27,29). The molecule has 1 atom stereocenters. The molecule has 3 N–H and O–H groups in total. The van der Waals surface area contributed by atoms with Gasteiger partial charge in [0.25, 0.3) is 5.91 Å². The fourth-order valence-corrected chi connectivity index (χ4v) is 6.21. The van der Waals surface area contributed by atoms with E-state index in [0.717, 1.165) is 55.9 Å². The van der Waals surface area contributed by atoms with E-state index in [-0.39, 0.29) is 24.5 Å². The van der Waals surface area contributed by atoms with Gasteiger partial charge in [0.05, 0.1) is 26.0 Å². The average molecular weight is 481 g/mol. The van der Waals surface area contributed by atoms with E-state index in [4.69, 9.17) is 10.5 Å². The van der Waals surface area contributed by atoms with Crippen molar-refractivity contribution in [1.82, 2.24) is 9.88 Å². The number of nitrogens with zero attached hydrogens (tertiary/aromatic N) is 2. The second-order valence-electron chi connectivity index (χ2n) is 8.14. The quantitative estimate of drug-likeness (QED) is 0.411. The molecule has 1 saturated heterocycles. The van der Waals surface area contributed by atoms with E-state index in [1.54, 1.807) is 22.7 Å². The molecule has 0 aliphatic carbocycles. The predicted molar refractivity (Wildman–Crippen MR) is 133 cm³/mol.